The van der Waals surface area contributed by atoms with Crippen molar-refractivity contribution in [2.45, 2.75) is 101 Å². The number of ether oxygens (including phenoxy) is 2. The fourth-order valence-corrected chi connectivity index (χ4v) is 3.90. The van der Waals surface area contributed by atoms with Gasteiger partial charge in [-0.3, -0.25) is 0 Å². The maximum atomic E-state index is 10.4. The Labute approximate surface area is 167 Å². The molecule has 2 rings (SSSR count). The maximum Gasteiger partial charge on any atom is 0.187 e. The molecule has 0 radical (unpaired) electrons. The summed E-state index contributed by atoms with van der Waals surface area (Å²) in [6.07, 6.45) is -0.597. The highest BCUT2D eigenvalue weighted by Gasteiger charge is 2.47. The second-order valence-corrected chi connectivity index (χ2v) is 9.02. The molecule has 0 spiro atoms. The van der Waals surface area contributed by atoms with E-state index in [9.17, 15) is 25.5 Å². The molecule has 2 fully saturated rings. The predicted molar refractivity (Wildman–Crippen MR) is 104 cm³/mol. The molecule has 162 valence electrons. The number of rotatable bonds is 6. The van der Waals surface area contributed by atoms with E-state index in [1.54, 1.807) is 26.8 Å². The van der Waals surface area contributed by atoms with Crippen LogP contribution >= 0.6 is 0 Å². The zero-order valence-electron chi connectivity index (χ0n) is 17.3. The molecule has 7 nitrogen and oxygen atoms in total. The molecule has 1 aliphatic carbocycles. The molecule has 0 amide bonds. The van der Waals surface area contributed by atoms with E-state index in [1.165, 1.54) is 0 Å². The van der Waals surface area contributed by atoms with Crippen molar-refractivity contribution in [2.24, 2.45) is 5.92 Å². The number of aliphatic hydroxyl groups is 5. The largest absolute Gasteiger partial charge is 0.389 e. The van der Waals surface area contributed by atoms with Gasteiger partial charge in [0, 0.05) is 0 Å². The van der Waals surface area contributed by atoms with Gasteiger partial charge < -0.3 is 35.0 Å². The monoisotopic (exact) mass is 400 g/mol. The second-order valence-electron chi connectivity index (χ2n) is 9.02. The van der Waals surface area contributed by atoms with E-state index in [-0.39, 0.29) is 5.92 Å². The zero-order chi connectivity index (χ0) is 21.3. The van der Waals surface area contributed by atoms with Crippen LogP contribution in [-0.4, -0.2) is 73.5 Å². The lowest BCUT2D eigenvalue weighted by Crippen LogP contribution is -2.59. The van der Waals surface area contributed by atoms with Gasteiger partial charge in [0.15, 0.2) is 6.29 Å². The van der Waals surface area contributed by atoms with Gasteiger partial charge in [0.2, 0.25) is 0 Å². The molecule has 1 aliphatic heterocycles. The average molecular weight is 401 g/mol. The second kappa shape index (κ2) is 8.92. The van der Waals surface area contributed by atoms with E-state index in [0.29, 0.717) is 19.3 Å². The summed E-state index contributed by atoms with van der Waals surface area (Å²) in [7, 11) is 0. The SMILES string of the molecule is C=C1CC[C@H]([C@](C)(C/C=C/C(C)(C)O)O[C@@H]2O[C@H](C)[C@H](O)[C@H](O)[C@H]2O)C[C@@H]1O. The molecule has 28 heavy (non-hydrogen) atoms. The molecular formula is C21H36O7. The van der Waals surface area contributed by atoms with Crippen LogP contribution in [0.1, 0.15) is 53.4 Å². The zero-order valence-corrected chi connectivity index (χ0v) is 17.3. The van der Waals surface area contributed by atoms with Gasteiger partial charge in [-0.2, -0.15) is 0 Å². The average Bonchev–Trinajstić information content (AvgIpc) is 2.59. The van der Waals surface area contributed by atoms with Gasteiger partial charge in [0.05, 0.1) is 23.4 Å². The lowest BCUT2D eigenvalue weighted by Gasteiger charge is -2.47. The van der Waals surface area contributed by atoms with Crippen LogP contribution in [0.5, 0.6) is 0 Å². The van der Waals surface area contributed by atoms with E-state index >= 15 is 0 Å². The van der Waals surface area contributed by atoms with Crippen molar-refractivity contribution in [3.8, 4) is 0 Å². The standard InChI is InChI=1S/C21H36O7/c1-12-7-8-14(11-15(12)22)21(5,10-6-9-20(3,4)26)28-19-18(25)17(24)16(23)13(2)27-19/h6,9,13-19,22-26H,1,7-8,10-11H2,2-5H3/b9-6+/t13-,14+,15+,16+,17+,18-,19+,21+/m1/s1. The molecule has 0 unspecified atom stereocenters. The summed E-state index contributed by atoms with van der Waals surface area (Å²) in [6, 6.07) is 0. The Balaban J connectivity index is 2.22. The third-order valence-electron chi connectivity index (χ3n) is 5.90. The lowest BCUT2D eigenvalue weighted by atomic mass is 9.73. The van der Waals surface area contributed by atoms with Crippen molar-refractivity contribution in [3.05, 3.63) is 24.3 Å². The number of aliphatic hydroxyl groups excluding tert-OH is 4. The molecule has 0 aromatic rings. The Hall–Kier alpha value is -0.800. The van der Waals surface area contributed by atoms with Gasteiger partial charge in [-0.1, -0.05) is 18.7 Å². The molecule has 0 aromatic heterocycles. The Morgan fingerprint density at radius 2 is 1.79 bits per heavy atom. The molecule has 5 N–H and O–H groups in total. The van der Waals surface area contributed by atoms with Crippen LogP contribution in [0.3, 0.4) is 0 Å². The van der Waals surface area contributed by atoms with Crippen LogP contribution in [-0.2, 0) is 9.47 Å². The van der Waals surface area contributed by atoms with Crippen molar-refractivity contribution in [1.82, 2.24) is 0 Å². The molecule has 1 heterocycles. The topological polar surface area (TPSA) is 120 Å². The van der Waals surface area contributed by atoms with Gasteiger partial charge >= 0.3 is 0 Å². The van der Waals surface area contributed by atoms with Crippen molar-refractivity contribution < 1.29 is 35.0 Å². The normalized spacial score (nSPS) is 39.9. The first-order valence-corrected chi connectivity index (χ1v) is 9.97. The fraction of sp³-hybridized carbons (Fsp3) is 0.810. The van der Waals surface area contributed by atoms with Gasteiger partial charge in [0.1, 0.15) is 18.3 Å². The van der Waals surface area contributed by atoms with Crippen LogP contribution < -0.4 is 0 Å². The highest BCUT2D eigenvalue weighted by Crippen LogP contribution is 2.41. The summed E-state index contributed by atoms with van der Waals surface area (Å²) in [5.41, 5.74) is -1.000. The summed E-state index contributed by atoms with van der Waals surface area (Å²) in [5, 5.41) is 50.6. The predicted octanol–water partition coefficient (Wildman–Crippen LogP) is 1.02. The molecule has 8 atom stereocenters. The first-order chi connectivity index (χ1) is 12.8. The molecule has 1 saturated carbocycles. The molecule has 0 aromatic carbocycles. The number of hydrogen-bond donors (Lipinski definition) is 5. The molecular weight excluding hydrogens is 364 g/mol. The summed E-state index contributed by atoms with van der Waals surface area (Å²) in [5.74, 6) is -0.0467. The summed E-state index contributed by atoms with van der Waals surface area (Å²) >= 11 is 0. The van der Waals surface area contributed by atoms with Crippen LogP contribution in [0.2, 0.25) is 0 Å². The molecule has 1 saturated heterocycles. The van der Waals surface area contributed by atoms with Crippen LogP contribution in [0.25, 0.3) is 0 Å². The lowest BCUT2D eigenvalue weighted by molar-refractivity contribution is -0.325. The van der Waals surface area contributed by atoms with Gasteiger partial charge in [0.25, 0.3) is 0 Å². The maximum absolute atomic E-state index is 10.4. The van der Waals surface area contributed by atoms with E-state index < -0.39 is 48.0 Å². The molecule has 2 aliphatic rings. The summed E-state index contributed by atoms with van der Waals surface area (Å²) < 4.78 is 11.8. The molecule has 7 heteroatoms. The summed E-state index contributed by atoms with van der Waals surface area (Å²) in [4.78, 5) is 0. The van der Waals surface area contributed by atoms with Gasteiger partial charge in [-0.25, -0.2) is 0 Å². The van der Waals surface area contributed by atoms with Crippen molar-refractivity contribution in [3.63, 3.8) is 0 Å². The smallest absolute Gasteiger partial charge is 0.187 e. The minimum Gasteiger partial charge on any atom is -0.389 e. The van der Waals surface area contributed by atoms with Crippen molar-refractivity contribution in [2.75, 3.05) is 0 Å². The van der Waals surface area contributed by atoms with Crippen molar-refractivity contribution in [1.29, 1.82) is 0 Å². The fourth-order valence-electron chi connectivity index (χ4n) is 3.90. The quantitative estimate of drug-likeness (QED) is 0.422. The Morgan fingerprint density at radius 3 is 2.36 bits per heavy atom. The van der Waals surface area contributed by atoms with Crippen LogP contribution in [0.15, 0.2) is 24.3 Å². The van der Waals surface area contributed by atoms with Gasteiger partial charge in [-0.15, -0.1) is 0 Å². The first kappa shape index (κ1) is 23.5. The third-order valence-corrected chi connectivity index (χ3v) is 5.90. The highest BCUT2D eigenvalue weighted by atomic mass is 16.7. The number of hydrogen-bond acceptors (Lipinski definition) is 7. The first-order valence-electron chi connectivity index (χ1n) is 9.97. The minimum absolute atomic E-state index is 0.0467. The van der Waals surface area contributed by atoms with E-state index in [1.807, 2.05) is 13.0 Å². The third kappa shape index (κ3) is 5.63. The minimum atomic E-state index is -1.40. The Morgan fingerprint density at radius 1 is 1.14 bits per heavy atom. The Kier molecular flexibility index (Phi) is 7.48. The Bertz CT molecular complexity index is 570. The highest BCUT2D eigenvalue weighted by molar-refractivity contribution is 5.10. The van der Waals surface area contributed by atoms with Crippen molar-refractivity contribution >= 4 is 0 Å². The van der Waals surface area contributed by atoms with E-state index in [0.717, 1.165) is 12.0 Å². The van der Waals surface area contributed by atoms with Gasteiger partial charge in [-0.05, 0) is 64.9 Å². The van der Waals surface area contributed by atoms with Crippen LogP contribution in [0.4, 0.5) is 0 Å². The van der Waals surface area contributed by atoms with E-state index in [4.69, 9.17) is 9.47 Å². The van der Waals surface area contributed by atoms with E-state index in [2.05, 4.69) is 6.58 Å². The summed E-state index contributed by atoms with van der Waals surface area (Å²) in [6.45, 7) is 10.7. The van der Waals surface area contributed by atoms with Crippen LogP contribution in [0, 0.1) is 5.92 Å². The molecule has 0 bridgehead atoms.